The van der Waals surface area contributed by atoms with Gasteiger partial charge in [-0.25, -0.2) is 4.98 Å². The van der Waals surface area contributed by atoms with Crippen LogP contribution < -0.4 is 9.64 Å². The van der Waals surface area contributed by atoms with Crippen LogP contribution >= 0.6 is 11.3 Å². The van der Waals surface area contributed by atoms with Gasteiger partial charge in [0.1, 0.15) is 23.3 Å². The number of thiazole rings is 1. The summed E-state index contributed by atoms with van der Waals surface area (Å²) in [5.74, 6) is 2.27. The first-order valence-corrected chi connectivity index (χ1v) is 10.2. The number of hydrogen-bond acceptors (Lipinski definition) is 6. The smallest absolute Gasteiger partial charge is 0.273 e. The molecule has 1 atom stereocenters. The number of ether oxygens (including phenoxy) is 1. The molecule has 1 aromatic carbocycles. The zero-order valence-corrected chi connectivity index (χ0v) is 17.0. The van der Waals surface area contributed by atoms with E-state index in [2.05, 4.69) is 22.9 Å². The number of benzene rings is 1. The van der Waals surface area contributed by atoms with Crippen LogP contribution in [0.2, 0.25) is 0 Å². The van der Waals surface area contributed by atoms with Crippen molar-refractivity contribution in [3.8, 4) is 16.5 Å². The number of hydrogen-bond donors (Lipinski definition) is 0. The van der Waals surface area contributed by atoms with Gasteiger partial charge in [-0.15, -0.1) is 11.3 Å². The summed E-state index contributed by atoms with van der Waals surface area (Å²) in [7, 11) is 1.79. The van der Waals surface area contributed by atoms with E-state index in [1.165, 1.54) is 11.3 Å². The lowest BCUT2D eigenvalue weighted by atomic mass is 10.2. The first kappa shape index (κ1) is 18.6. The fourth-order valence-electron chi connectivity index (χ4n) is 3.39. The second kappa shape index (κ2) is 7.67. The van der Waals surface area contributed by atoms with Gasteiger partial charge in [-0.1, -0.05) is 12.1 Å². The highest BCUT2D eigenvalue weighted by molar-refractivity contribution is 7.13. The largest absolute Gasteiger partial charge is 0.485 e. The molecule has 146 valence electrons. The molecule has 0 bridgehead atoms. The zero-order valence-electron chi connectivity index (χ0n) is 16.2. The maximum atomic E-state index is 12.8. The lowest BCUT2D eigenvalue weighted by molar-refractivity contribution is 0.0705. The number of nitrogens with zero attached hydrogens (tertiary/aromatic N) is 3. The maximum absolute atomic E-state index is 12.8. The Balaban J connectivity index is 1.44. The van der Waals surface area contributed by atoms with Crippen molar-refractivity contribution in [2.24, 2.45) is 0 Å². The van der Waals surface area contributed by atoms with E-state index in [0.29, 0.717) is 23.0 Å². The molecule has 0 saturated carbocycles. The molecule has 0 fully saturated rings. The fourth-order valence-corrected chi connectivity index (χ4v) is 4.15. The van der Waals surface area contributed by atoms with Gasteiger partial charge in [-0.05, 0) is 38.1 Å². The van der Waals surface area contributed by atoms with E-state index >= 15 is 0 Å². The van der Waals surface area contributed by atoms with Gasteiger partial charge in [0.25, 0.3) is 5.91 Å². The van der Waals surface area contributed by atoms with Gasteiger partial charge in [0, 0.05) is 19.0 Å². The summed E-state index contributed by atoms with van der Waals surface area (Å²) < 4.78 is 11.7. The topological polar surface area (TPSA) is 58.8 Å². The van der Waals surface area contributed by atoms with E-state index in [4.69, 9.17) is 9.15 Å². The molecule has 1 unspecified atom stereocenters. The minimum Gasteiger partial charge on any atom is -0.485 e. The van der Waals surface area contributed by atoms with Crippen LogP contribution in [0.15, 0.2) is 46.2 Å². The third-order valence-corrected chi connectivity index (χ3v) is 5.66. The molecule has 3 heterocycles. The molecular weight excluding hydrogens is 374 g/mol. The van der Waals surface area contributed by atoms with Crippen molar-refractivity contribution in [2.75, 3.05) is 31.6 Å². The van der Waals surface area contributed by atoms with Gasteiger partial charge >= 0.3 is 0 Å². The Bertz CT molecular complexity index is 981. The minimum atomic E-state index is -0.115. The highest BCUT2D eigenvalue weighted by Crippen LogP contribution is 2.33. The van der Waals surface area contributed by atoms with E-state index in [0.717, 1.165) is 30.3 Å². The van der Waals surface area contributed by atoms with Gasteiger partial charge < -0.3 is 19.0 Å². The summed E-state index contributed by atoms with van der Waals surface area (Å²) in [5, 5.41) is 2.49. The van der Waals surface area contributed by atoms with Crippen LogP contribution in [-0.2, 0) is 0 Å². The summed E-state index contributed by atoms with van der Waals surface area (Å²) >= 11 is 1.41. The number of furan rings is 1. The zero-order chi connectivity index (χ0) is 19.7. The number of likely N-dealkylation sites (N-methyl/N-ethyl adjacent to an activating group) is 2. The molecule has 28 heavy (non-hydrogen) atoms. The third kappa shape index (κ3) is 3.62. The first-order chi connectivity index (χ1) is 13.5. The van der Waals surface area contributed by atoms with Crippen LogP contribution in [0.25, 0.3) is 10.8 Å². The van der Waals surface area contributed by atoms with Crippen LogP contribution in [0.4, 0.5) is 5.69 Å². The predicted molar refractivity (Wildman–Crippen MR) is 110 cm³/mol. The van der Waals surface area contributed by atoms with E-state index in [1.807, 2.05) is 37.3 Å². The lowest BCUT2D eigenvalue weighted by Crippen LogP contribution is -2.46. The van der Waals surface area contributed by atoms with Crippen molar-refractivity contribution < 1.29 is 13.9 Å². The average molecular weight is 398 g/mol. The Morgan fingerprint density at radius 3 is 2.89 bits per heavy atom. The van der Waals surface area contributed by atoms with Crippen molar-refractivity contribution in [3.63, 3.8) is 0 Å². The van der Waals surface area contributed by atoms with E-state index in [9.17, 15) is 4.79 Å². The number of aromatic nitrogens is 1. The van der Waals surface area contributed by atoms with Gasteiger partial charge in [-0.3, -0.25) is 4.79 Å². The van der Waals surface area contributed by atoms with Crippen molar-refractivity contribution >= 4 is 22.9 Å². The summed E-state index contributed by atoms with van der Waals surface area (Å²) in [6.45, 7) is 6.15. The van der Waals surface area contributed by atoms with Crippen molar-refractivity contribution in [2.45, 2.75) is 20.0 Å². The molecule has 0 aliphatic carbocycles. The van der Waals surface area contributed by atoms with Gasteiger partial charge in [-0.2, -0.15) is 0 Å². The number of rotatable bonds is 5. The van der Waals surface area contributed by atoms with E-state index < -0.39 is 0 Å². The molecule has 3 aromatic rings. The maximum Gasteiger partial charge on any atom is 0.273 e. The Morgan fingerprint density at radius 1 is 1.32 bits per heavy atom. The minimum absolute atomic E-state index is 0.0883. The van der Waals surface area contributed by atoms with E-state index in [1.54, 1.807) is 17.3 Å². The number of para-hydroxylation sites is 2. The molecule has 2 aromatic heterocycles. The SMILES string of the molecule is CCN1CC(CN(C)C(=O)c2csc(-c3ccc(C)o3)n2)Oc2ccccc21. The summed E-state index contributed by atoms with van der Waals surface area (Å²) in [6.07, 6.45) is -0.0883. The molecule has 1 aliphatic heterocycles. The first-order valence-electron chi connectivity index (χ1n) is 9.33. The lowest BCUT2D eigenvalue weighted by Gasteiger charge is -2.37. The van der Waals surface area contributed by atoms with Crippen LogP contribution in [0, 0.1) is 6.92 Å². The van der Waals surface area contributed by atoms with Crippen LogP contribution in [-0.4, -0.2) is 48.6 Å². The Labute approximate surface area is 168 Å². The van der Waals surface area contributed by atoms with Crippen LogP contribution in [0.5, 0.6) is 5.75 Å². The van der Waals surface area contributed by atoms with Crippen molar-refractivity contribution in [1.82, 2.24) is 9.88 Å². The second-order valence-corrected chi connectivity index (χ2v) is 7.74. The number of carbonyl (C=O) groups is 1. The molecule has 1 aliphatic rings. The Morgan fingerprint density at radius 2 is 2.14 bits per heavy atom. The van der Waals surface area contributed by atoms with E-state index in [-0.39, 0.29) is 12.0 Å². The number of aryl methyl sites for hydroxylation is 1. The molecule has 4 rings (SSSR count). The van der Waals surface area contributed by atoms with Crippen LogP contribution in [0.1, 0.15) is 23.2 Å². The number of amides is 1. The molecule has 0 spiro atoms. The molecule has 0 saturated heterocycles. The molecular formula is C21H23N3O3S. The number of carbonyl (C=O) groups excluding carboxylic acids is 1. The standard InChI is InChI=1S/C21H23N3O3S/c1-4-24-12-15(27-18-8-6-5-7-17(18)24)11-23(3)21(25)16-13-28-20(22-16)19-10-9-14(2)26-19/h5-10,13,15H,4,11-12H2,1-3H3. The van der Waals surface area contributed by atoms with Gasteiger partial charge in [0.2, 0.25) is 0 Å². The summed E-state index contributed by atoms with van der Waals surface area (Å²) in [4.78, 5) is 21.3. The Kier molecular flexibility index (Phi) is 5.09. The highest BCUT2D eigenvalue weighted by atomic mass is 32.1. The molecule has 1 amide bonds. The van der Waals surface area contributed by atoms with Gasteiger partial charge in [0.15, 0.2) is 10.8 Å². The third-order valence-electron chi connectivity index (χ3n) is 4.80. The summed E-state index contributed by atoms with van der Waals surface area (Å²) in [5.41, 5.74) is 1.54. The van der Waals surface area contributed by atoms with Crippen molar-refractivity contribution in [3.05, 3.63) is 53.2 Å². The molecule has 6 nitrogen and oxygen atoms in total. The number of fused-ring (bicyclic) bond motifs is 1. The number of anilines is 1. The second-order valence-electron chi connectivity index (χ2n) is 6.88. The molecule has 0 radical (unpaired) electrons. The van der Waals surface area contributed by atoms with Gasteiger partial charge in [0.05, 0.1) is 18.8 Å². The molecule has 0 N–H and O–H groups in total. The molecule has 7 heteroatoms. The summed E-state index contributed by atoms with van der Waals surface area (Å²) in [6, 6.07) is 11.8. The average Bonchev–Trinajstić information content (AvgIpc) is 3.35. The predicted octanol–water partition coefficient (Wildman–Crippen LogP) is 4.07. The normalized spacial score (nSPS) is 15.8. The fraction of sp³-hybridized carbons (Fsp3) is 0.333. The Hall–Kier alpha value is -2.80. The monoisotopic (exact) mass is 397 g/mol. The van der Waals surface area contributed by atoms with Crippen molar-refractivity contribution in [1.29, 1.82) is 0 Å². The van der Waals surface area contributed by atoms with Crippen LogP contribution in [0.3, 0.4) is 0 Å². The highest BCUT2D eigenvalue weighted by Gasteiger charge is 2.27. The quantitative estimate of drug-likeness (QED) is 0.649.